The fraction of sp³-hybridized carbons (Fsp3) is 0. The Morgan fingerprint density at radius 1 is 0.865 bits per heavy atom. The Balaban J connectivity index is 1.59. The largest absolute Gasteiger partial charge is 0.450 e. The van der Waals surface area contributed by atoms with Gasteiger partial charge in [0.2, 0.25) is 5.75 Å². The number of anilines is 1. The van der Waals surface area contributed by atoms with Crippen molar-refractivity contribution in [1.29, 1.82) is 0 Å². The van der Waals surface area contributed by atoms with E-state index < -0.39 is 39.1 Å². The second-order valence-corrected chi connectivity index (χ2v) is 8.21. The summed E-state index contributed by atoms with van der Waals surface area (Å²) in [5.74, 6) is -1.88. The minimum atomic E-state index is -0.959. The Hall–Kier alpha value is -4.81. The molecule has 0 atom stereocenters. The van der Waals surface area contributed by atoms with Crippen LogP contribution in [0.15, 0.2) is 66.2 Å². The van der Waals surface area contributed by atoms with E-state index in [1.165, 1.54) is 48.5 Å². The fourth-order valence-corrected chi connectivity index (χ4v) is 3.58. The van der Waals surface area contributed by atoms with Gasteiger partial charge in [-0.25, -0.2) is 9.69 Å². The van der Waals surface area contributed by atoms with E-state index in [2.05, 4.69) is 5.32 Å². The maximum atomic E-state index is 13.0. The molecule has 1 fully saturated rings. The van der Waals surface area contributed by atoms with Crippen LogP contribution >= 0.6 is 23.2 Å². The van der Waals surface area contributed by atoms with Crippen LogP contribution in [0.4, 0.5) is 21.9 Å². The van der Waals surface area contributed by atoms with Gasteiger partial charge in [0.05, 0.1) is 31.6 Å². The van der Waals surface area contributed by atoms with Gasteiger partial charge in [0.25, 0.3) is 17.5 Å². The fourth-order valence-electron chi connectivity index (χ4n) is 3.29. The predicted molar refractivity (Wildman–Crippen MR) is 132 cm³/mol. The average Bonchev–Trinajstić information content (AvgIpc) is 2.84. The third-order valence-electron chi connectivity index (χ3n) is 5.03. The lowest BCUT2D eigenvalue weighted by atomic mass is 10.1. The molecule has 3 aromatic rings. The molecule has 186 valence electrons. The van der Waals surface area contributed by atoms with Crippen molar-refractivity contribution in [1.82, 2.24) is 5.32 Å². The van der Waals surface area contributed by atoms with Crippen molar-refractivity contribution >= 4 is 64.2 Å². The van der Waals surface area contributed by atoms with E-state index >= 15 is 0 Å². The summed E-state index contributed by atoms with van der Waals surface area (Å²) < 4.78 is 5.50. The summed E-state index contributed by atoms with van der Waals surface area (Å²) in [7, 11) is 0. The van der Waals surface area contributed by atoms with Crippen LogP contribution in [0.25, 0.3) is 6.08 Å². The van der Waals surface area contributed by atoms with Crippen molar-refractivity contribution in [2.24, 2.45) is 0 Å². The highest BCUT2D eigenvalue weighted by molar-refractivity contribution is 6.43. The van der Waals surface area contributed by atoms with Gasteiger partial charge in [-0.3, -0.25) is 35.1 Å². The number of hydrogen-bond acceptors (Lipinski definition) is 8. The molecule has 1 aliphatic rings. The summed E-state index contributed by atoms with van der Waals surface area (Å²) in [5, 5.41) is 24.6. The van der Waals surface area contributed by atoms with Crippen LogP contribution in [-0.2, 0) is 9.59 Å². The van der Waals surface area contributed by atoms with Gasteiger partial charge in [0.15, 0.2) is 0 Å². The highest BCUT2D eigenvalue weighted by Gasteiger charge is 2.37. The Morgan fingerprint density at radius 3 is 2.19 bits per heavy atom. The van der Waals surface area contributed by atoms with Crippen molar-refractivity contribution in [3.63, 3.8) is 0 Å². The molecule has 1 N–H and O–H groups in total. The summed E-state index contributed by atoms with van der Waals surface area (Å²) in [6.07, 6.45) is 1.24. The quantitative estimate of drug-likeness (QED) is 0.190. The lowest BCUT2D eigenvalue weighted by molar-refractivity contribution is -0.394. The number of rotatable bonds is 6. The van der Waals surface area contributed by atoms with Gasteiger partial charge in [-0.2, -0.15) is 0 Å². The standard InChI is InChI=1S/C23H12Cl2N4O8/c24-17-7-3-13(10-18(17)25)27-22(31)16(21(30)26-23(27)32)9-12-1-5-15(6-2-12)37-20-8-4-14(28(33)34)11-19(20)29(35)36/h1-11H,(H,26,30,32)/b16-9+. The number of non-ortho nitro benzene ring substituents is 1. The molecule has 0 aliphatic carbocycles. The highest BCUT2D eigenvalue weighted by Crippen LogP contribution is 2.35. The van der Waals surface area contributed by atoms with E-state index in [1.807, 2.05) is 0 Å². The number of ether oxygens (including phenoxy) is 1. The number of halogens is 2. The van der Waals surface area contributed by atoms with Gasteiger partial charge in [-0.15, -0.1) is 0 Å². The monoisotopic (exact) mass is 542 g/mol. The third kappa shape index (κ3) is 5.24. The molecule has 37 heavy (non-hydrogen) atoms. The second-order valence-electron chi connectivity index (χ2n) is 7.39. The summed E-state index contributed by atoms with van der Waals surface area (Å²) in [5.41, 5.74) is -0.941. The van der Waals surface area contributed by atoms with E-state index in [9.17, 15) is 34.6 Å². The first kappa shape index (κ1) is 25.3. The normalized spacial score (nSPS) is 14.5. The van der Waals surface area contributed by atoms with E-state index in [0.29, 0.717) is 5.56 Å². The number of imide groups is 2. The Morgan fingerprint density at radius 2 is 1.57 bits per heavy atom. The van der Waals surface area contributed by atoms with Gasteiger partial charge >= 0.3 is 11.7 Å². The molecule has 4 amide bonds. The van der Waals surface area contributed by atoms with Crippen molar-refractivity contribution in [2.45, 2.75) is 0 Å². The van der Waals surface area contributed by atoms with Gasteiger partial charge < -0.3 is 4.74 Å². The molecule has 0 spiro atoms. The van der Waals surface area contributed by atoms with Crippen molar-refractivity contribution in [3.8, 4) is 11.5 Å². The topological polar surface area (TPSA) is 162 Å². The smallest absolute Gasteiger partial charge is 0.335 e. The molecule has 0 saturated carbocycles. The van der Waals surface area contributed by atoms with Crippen LogP contribution in [-0.4, -0.2) is 27.7 Å². The van der Waals surface area contributed by atoms with Gasteiger partial charge in [-0.05, 0) is 48.0 Å². The highest BCUT2D eigenvalue weighted by atomic mass is 35.5. The average molecular weight is 543 g/mol. The molecule has 4 rings (SSSR count). The predicted octanol–water partition coefficient (Wildman–Crippen LogP) is 5.27. The molecular weight excluding hydrogens is 531 g/mol. The maximum Gasteiger partial charge on any atom is 0.335 e. The number of nitrogens with zero attached hydrogens (tertiary/aromatic N) is 3. The van der Waals surface area contributed by atoms with Crippen molar-refractivity contribution in [2.75, 3.05) is 4.90 Å². The van der Waals surface area contributed by atoms with Crippen molar-refractivity contribution < 1.29 is 29.0 Å². The van der Waals surface area contributed by atoms with Gasteiger partial charge in [0.1, 0.15) is 11.3 Å². The first-order valence-corrected chi connectivity index (χ1v) is 10.9. The zero-order chi connectivity index (χ0) is 26.9. The molecule has 0 radical (unpaired) electrons. The molecule has 3 aromatic carbocycles. The van der Waals surface area contributed by atoms with Crippen molar-refractivity contribution in [3.05, 3.63) is 102 Å². The lowest BCUT2D eigenvalue weighted by Crippen LogP contribution is -2.54. The number of benzene rings is 3. The Labute approximate surface area is 216 Å². The first-order chi connectivity index (χ1) is 17.5. The number of carbonyl (C=O) groups is 3. The number of nitro benzene ring substituents is 2. The number of urea groups is 1. The first-order valence-electron chi connectivity index (χ1n) is 10.1. The molecular formula is C23H12Cl2N4O8. The van der Waals surface area contributed by atoms with E-state index in [0.717, 1.165) is 23.1 Å². The minimum absolute atomic E-state index is 0.101. The van der Waals surface area contributed by atoms with Gasteiger partial charge in [-0.1, -0.05) is 35.3 Å². The van der Waals surface area contributed by atoms with E-state index in [4.69, 9.17) is 27.9 Å². The minimum Gasteiger partial charge on any atom is -0.450 e. The van der Waals surface area contributed by atoms with E-state index in [-0.39, 0.29) is 32.8 Å². The summed E-state index contributed by atoms with van der Waals surface area (Å²) in [6.45, 7) is 0. The third-order valence-corrected chi connectivity index (χ3v) is 5.77. The number of amides is 4. The molecule has 14 heteroatoms. The van der Waals surface area contributed by atoms with Crippen LogP contribution in [0.3, 0.4) is 0 Å². The molecule has 1 saturated heterocycles. The zero-order valence-electron chi connectivity index (χ0n) is 18.2. The van der Waals surface area contributed by atoms with Crippen LogP contribution in [0.5, 0.6) is 11.5 Å². The number of nitrogens with one attached hydrogen (secondary N) is 1. The van der Waals surface area contributed by atoms with Crippen LogP contribution in [0, 0.1) is 20.2 Å². The second kappa shape index (κ2) is 10.0. The van der Waals surface area contributed by atoms with Gasteiger partial charge in [0, 0.05) is 6.07 Å². The number of hydrogen-bond donors (Lipinski definition) is 1. The number of nitro groups is 2. The Bertz CT molecular complexity index is 1520. The lowest BCUT2D eigenvalue weighted by Gasteiger charge is -2.26. The summed E-state index contributed by atoms with van der Waals surface area (Å²) in [4.78, 5) is 59.0. The van der Waals surface area contributed by atoms with E-state index in [1.54, 1.807) is 0 Å². The number of carbonyl (C=O) groups excluding carboxylic acids is 3. The number of barbiturate groups is 1. The van der Waals surface area contributed by atoms with Crippen LogP contribution in [0.1, 0.15) is 5.56 Å². The molecule has 0 aromatic heterocycles. The summed E-state index contributed by atoms with van der Waals surface area (Å²) >= 11 is 11.9. The molecule has 1 heterocycles. The molecule has 1 aliphatic heterocycles. The Kier molecular flexibility index (Phi) is 6.87. The summed E-state index contributed by atoms with van der Waals surface area (Å²) in [6, 6.07) is 11.8. The SMILES string of the molecule is O=C1NC(=O)N(c2ccc(Cl)c(Cl)c2)C(=O)/C1=C/c1ccc(Oc2ccc([N+](=O)[O-])cc2[N+](=O)[O-])cc1. The zero-order valence-corrected chi connectivity index (χ0v) is 19.7. The van der Waals surface area contributed by atoms with Crippen LogP contribution in [0.2, 0.25) is 10.0 Å². The molecule has 0 bridgehead atoms. The molecule has 0 unspecified atom stereocenters. The maximum absolute atomic E-state index is 13.0. The molecule has 12 nitrogen and oxygen atoms in total. The van der Waals surface area contributed by atoms with Crippen LogP contribution < -0.4 is 15.0 Å².